The lowest BCUT2D eigenvalue weighted by Crippen LogP contribution is -2.21. The van der Waals surface area contributed by atoms with Gasteiger partial charge in [0.1, 0.15) is 0 Å². The summed E-state index contributed by atoms with van der Waals surface area (Å²) >= 11 is -1.92. The van der Waals surface area contributed by atoms with Crippen LogP contribution in [0.25, 0.3) is 0 Å². The van der Waals surface area contributed by atoms with E-state index in [2.05, 4.69) is 4.74 Å². The molecule has 0 aromatic carbocycles. The molecule has 0 aliphatic heterocycles. The van der Waals surface area contributed by atoms with Crippen molar-refractivity contribution in [1.82, 2.24) is 0 Å². The quantitative estimate of drug-likeness (QED) is 0.502. The van der Waals surface area contributed by atoms with E-state index in [4.69, 9.17) is 4.55 Å². The normalized spacial score (nSPS) is 15.5. The third-order valence-corrected chi connectivity index (χ3v) is 2.06. The zero-order valence-electron chi connectivity index (χ0n) is 6.57. The van der Waals surface area contributed by atoms with Crippen LogP contribution in [0.1, 0.15) is 13.3 Å². The molecular formula is C6H12O4S. The molecule has 0 aliphatic rings. The Kier molecular flexibility index (Phi) is 5.06. The van der Waals surface area contributed by atoms with E-state index < -0.39 is 23.0 Å². The molecule has 2 unspecified atom stereocenters. The van der Waals surface area contributed by atoms with Crippen LogP contribution >= 0.6 is 0 Å². The standard InChI is InChI=1S/C6H12O4S/c1-3-5(4-11(8)9)6(7)10-2/h5H,3-4H2,1-2H3,(H,8,9). The van der Waals surface area contributed by atoms with Crippen molar-refractivity contribution in [2.75, 3.05) is 12.9 Å². The molecule has 2 atom stereocenters. The number of methoxy groups -OCH3 is 1. The third-order valence-electron chi connectivity index (χ3n) is 1.37. The number of hydrogen-bond acceptors (Lipinski definition) is 3. The molecule has 0 amide bonds. The van der Waals surface area contributed by atoms with Crippen molar-refractivity contribution < 1.29 is 18.3 Å². The fraction of sp³-hybridized carbons (Fsp3) is 0.833. The molecule has 5 heteroatoms. The molecule has 0 saturated heterocycles. The summed E-state index contributed by atoms with van der Waals surface area (Å²) in [6.07, 6.45) is 0.527. The van der Waals surface area contributed by atoms with E-state index in [1.165, 1.54) is 7.11 Å². The highest BCUT2D eigenvalue weighted by molar-refractivity contribution is 7.79. The lowest BCUT2D eigenvalue weighted by Gasteiger charge is -2.08. The number of ether oxygens (including phenoxy) is 1. The van der Waals surface area contributed by atoms with E-state index in [9.17, 15) is 9.00 Å². The molecule has 66 valence electrons. The van der Waals surface area contributed by atoms with Gasteiger partial charge in [0.25, 0.3) is 0 Å². The van der Waals surface area contributed by atoms with Gasteiger partial charge in [0.05, 0.1) is 18.8 Å². The first-order chi connectivity index (χ1) is 5.11. The minimum Gasteiger partial charge on any atom is -0.469 e. The summed E-state index contributed by atoms with van der Waals surface area (Å²) in [6.45, 7) is 1.77. The first-order valence-electron chi connectivity index (χ1n) is 3.27. The zero-order chi connectivity index (χ0) is 8.85. The lowest BCUT2D eigenvalue weighted by molar-refractivity contribution is -0.144. The van der Waals surface area contributed by atoms with E-state index in [1.807, 2.05) is 0 Å². The van der Waals surface area contributed by atoms with Gasteiger partial charge in [-0.2, -0.15) is 0 Å². The van der Waals surface area contributed by atoms with Crippen molar-refractivity contribution in [2.45, 2.75) is 13.3 Å². The van der Waals surface area contributed by atoms with Crippen LogP contribution in [-0.4, -0.2) is 27.6 Å². The molecule has 11 heavy (non-hydrogen) atoms. The average Bonchev–Trinajstić information content (AvgIpc) is 1.98. The first kappa shape index (κ1) is 10.6. The zero-order valence-corrected chi connectivity index (χ0v) is 7.39. The summed E-state index contributed by atoms with van der Waals surface area (Å²) in [6, 6.07) is 0. The van der Waals surface area contributed by atoms with Crippen LogP contribution in [0.15, 0.2) is 0 Å². The number of carbonyl (C=O) groups is 1. The van der Waals surface area contributed by atoms with E-state index in [-0.39, 0.29) is 5.75 Å². The van der Waals surface area contributed by atoms with Crippen LogP contribution in [0.2, 0.25) is 0 Å². The second-order valence-electron chi connectivity index (χ2n) is 2.12. The maximum Gasteiger partial charge on any atom is 0.309 e. The van der Waals surface area contributed by atoms with Gasteiger partial charge in [-0.3, -0.25) is 4.79 Å². The summed E-state index contributed by atoms with van der Waals surface area (Å²) in [5.74, 6) is -0.913. The Morgan fingerprint density at radius 2 is 2.27 bits per heavy atom. The van der Waals surface area contributed by atoms with Crippen LogP contribution in [0.5, 0.6) is 0 Å². The van der Waals surface area contributed by atoms with Crippen molar-refractivity contribution in [3.8, 4) is 0 Å². The largest absolute Gasteiger partial charge is 0.469 e. The average molecular weight is 180 g/mol. The second-order valence-corrected chi connectivity index (χ2v) is 3.09. The summed E-state index contributed by atoms with van der Waals surface area (Å²) < 4.78 is 23.2. The molecule has 0 radical (unpaired) electrons. The van der Waals surface area contributed by atoms with Gasteiger partial charge in [-0.25, -0.2) is 4.21 Å². The minimum atomic E-state index is -1.92. The molecule has 0 saturated carbocycles. The number of hydrogen-bond donors (Lipinski definition) is 1. The van der Waals surface area contributed by atoms with Gasteiger partial charge >= 0.3 is 5.97 Å². The van der Waals surface area contributed by atoms with Gasteiger partial charge in [0.2, 0.25) is 0 Å². The lowest BCUT2D eigenvalue weighted by atomic mass is 10.1. The summed E-state index contributed by atoms with van der Waals surface area (Å²) in [7, 11) is 1.27. The van der Waals surface area contributed by atoms with Gasteiger partial charge in [-0.15, -0.1) is 0 Å². The second kappa shape index (κ2) is 5.26. The Labute approximate surface area is 68.2 Å². The van der Waals surface area contributed by atoms with E-state index in [0.717, 1.165) is 0 Å². The van der Waals surface area contributed by atoms with Crippen LogP contribution in [0.4, 0.5) is 0 Å². The molecule has 0 rings (SSSR count). The molecular weight excluding hydrogens is 168 g/mol. The Morgan fingerprint density at radius 1 is 1.73 bits per heavy atom. The Balaban J connectivity index is 3.94. The maximum atomic E-state index is 10.8. The first-order valence-corrected chi connectivity index (χ1v) is 4.54. The fourth-order valence-corrected chi connectivity index (χ4v) is 1.41. The van der Waals surface area contributed by atoms with Gasteiger partial charge in [-0.05, 0) is 6.42 Å². The molecule has 0 bridgehead atoms. The number of carbonyl (C=O) groups excluding carboxylic acids is 1. The highest BCUT2D eigenvalue weighted by Gasteiger charge is 2.18. The van der Waals surface area contributed by atoms with Crippen LogP contribution < -0.4 is 0 Å². The minimum absolute atomic E-state index is 0.0385. The van der Waals surface area contributed by atoms with Gasteiger partial charge < -0.3 is 9.29 Å². The maximum absolute atomic E-state index is 10.8. The monoisotopic (exact) mass is 180 g/mol. The highest BCUT2D eigenvalue weighted by Crippen LogP contribution is 2.05. The van der Waals surface area contributed by atoms with Crippen molar-refractivity contribution in [3.05, 3.63) is 0 Å². The fourth-order valence-electron chi connectivity index (χ4n) is 0.691. The van der Waals surface area contributed by atoms with Crippen LogP contribution in [0.3, 0.4) is 0 Å². The third kappa shape index (κ3) is 4.10. The summed E-state index contributed by atoms with van der Waals surface area (Å²) in [4.78, 5) is 10.8. The molecule has 0 aromatic heterocycles. The Hall–Kier alpha value is -0.420. The van der Waals surface area contributed by atoms with Crippen molar-refractivity contribution in [1.29, 1.82) is 0 Å². The van der Waals surface area contributed by atoms with Gasteiger partial charge in [-0.1, -0.05) is 6.92 Å². The van der Waals surface area contributed by atoms with E-state index in [1.54, 1.807) is 6.92 Å². The molecule has 1 N–H and O–H groups in total. The number of esters is 1. The van der Waals surface area contributed by atoms with Crippen molar-refractivity contribution in [2.24, 2.45) is 5.92 Å². The molecule has 0 heterocycles. The van der Waals surface area contributed by atoms with E-state index >= 15 is 0 Å². The summed E-state index contributed by atoms with van der Waals surface area (Å²) in [5, 5.41) is 0. The van der Waals surface area contributed by atoms with Gasteiger partial charge in [0.15, 0.2) is 11.1 Å². The molecule has 0 aromatic rings. The smallest absolute Gasteiger partial charge is 0.309 e. The molecule has 0 fully saturated rings. The van der Waals surface area contributed by atoms with E-state index in [0.29, 0.717) is 6.42 Å². The molecule has 0 spiro atoms. The number of rotatable bonds is 4. The topological polar surface area (TPSA) is 63.6 Å². The van der Waals surface area contributed by atoms with Gasteiger partial charge in [0, 0.05) is 0 Å². The Morgan fingerprint density at radius 3 is 2.55 bits per heavy atom. The molecule has 0 aliphatic carbocycles. The SMILES string of the molecule is CCC(CS(=O)O)C(=O)OC. The van der Waals surface area contributed by atoms with Crippen LogP contribution in [-0.2, 0) is 20.6 Å². The predicted octanol–water partition coefficient (Wildman–Crippen LogP) is 0.407. The molecule has 4 nitrogen and oxygen atoms in total. The summed E-state index contributed by atoms with van der Waals surface area (Å²) in [5.41, 5.74) is 0. The predicted molar refractivity (Wildman–Crippen MR) is 41.4 cm³/mol. The highest BCUT2D eigenvalue weighted by atomic mass is 32.2. The van der Waals surface area contributed by atoms with Crippen molar-refractivity contribution in [3.63, 3.8) is 0 Å². The Bertz CT molecular complexity index is 157. The van der Waals surface area contributed by atoms with Crippen LogP contribution in [0, 0.1) is 5.92 Å². The van der Waals surface area contributed by atoms with Crippen molar-refractivity contribution >= 4 is 17.0 Å².